The van der Waals surface area contributed by atoms with Gasteiger partial charge in [-0.25, -0.2) is 8.42 Å². The molecule has 0 atom stereocenters. The lowest BCUT2D eigenvalue weighted by Gasteiger charge is -2.23. The maximum atomic E-state index is 10.5. The Morgan fingerprint density at radius 1 is 1.27 bits per heavy atom. The summed E-state index contributed by atoms with van der Waals surface area (Å²) < 4.78 is 31.5. The molecular weight excluding hydrogens is 214 g/mol. The fourth-order valence-corrected chi connectivity index (χ4v) is 1.77. The molecule has 15 heavy (non-hydrogen) atoms. The smallest absolute Gasteiger partial charge is 0.0963 e. The molecule has 0 fully saturated rings. The Balaban J connectivity index is 2.66. The highest BCUT2D eigenvalue weighted by molar-refractivity contribution is 7.85. The van der Waals surface area contributed by atoms with Crippen LogP contribution in [0, 0.1) is 0 Å². The van der Waals surface area contributed by atoms with Crippen LogP contribution in [0.5, 0.6) is 0 Å². The molecule has 1 rings (SSSR count). The largest absolute Gasteiger partial charge is 0.748 e. The van der Waals surface area contributed by atoms with E-state index in [4.69, 9.17) is 0 Å². The van der Waals surface area contributed by atoms with E-state index in [1.807, 2.05) is 42.2 Å². The van der Waals surface area contributed by atoms with Crippen LogP contribution in [-0.2, 0) is 10.1 Å². The molecule has 1 aromatic carbocycles. The van der Waals surface area contributed by atoms with Gasteiger partial charge in [0.1, 0.15) is 0 Å². The fourth-order valence-electron chi connectivity index (χ4n) is 1.33. The SMILES string of the molecule is CCN(CCS(=O)(=O)[O-])c1ccccc1. The topological polar surface area (TPSA) is 60.4 Å². The van der Waals surface area contributed by atoms with E-state index in [0.29, 0.717) is 6.54 Å². The van der Waals surface area contributed by atoms with Gasteiger partial charge in [0, 0.05) is 18.8 Å². The maximum absolute atomic E-state index is 10.5. The number of rotatable bonds is 5. The highest BCUT2D eigenvalue weighted by Gasteiger charge is 2.04. The maximum Gasteiger partial charge on any atom is 0.0963 e. The van der Waals surface area contributed by atoms with Gasteiger partial charge in [0.15, 0.2) is 0 Å². The molecule has 0 radical (unpaired) electrons. The average Bonchev–Trinajstić information content (AvgIpc) is 2.19. The summed E-state index contributed by atoms with van der Waals surface area (Å²) in [5.41, 5.74) is 0.934. The summed E-state index contributed by atoms with van der Waals surface area (Å²) in [6.07, 6.45) is 0. The number of benzene rings is 1. The second-order valence-corrected chi connectivity index (χ2v) is 4.70. The second-order valence-electron chi connectivity index (χ2n) is 3.18. The van der Waals surface area contributed by atoms with Gasteiger partial charge in [-0.2, -0.15) is 0 Å². The molecule has 0 aliphatic rings. The number of anilines is 1. The van der Waals surface area contributed by atoms with Gasteiger partial charge in [0.25, 0.3) is 0 Å². The first-order valence-electron chi connectivity index (χ1n) is 4.76. The van der Waals surface area contributed by atoms with E-state index in [1.165, 1.54) is 0 Å². The van der Waals surface area contributed by atoms with Crippen molar-refractivity contribution in [2.45, 2.75) is 6.92 Å². The van der Waals surface area contributed by atoms with Crippen molar-refractivity contribution in [1.82, 2.24) is 0 Å². The molecular formula is C10H14NO3S-. The molecule has 0 heterocycles. The predicted octanol–water partition coefficient (Wildman–Crippen LogP) is 1.06. The van der Waals surface area contributed by atoms with Crippen LogP contribution in [-0.4, -0.2) is 31.8 Å². The summed E-state index contributed by atoms with van der Waals surface area (Å²) in [7, 11) is -4.13. The Labute approximate surface area is 90.3 Å². The minimum atomic E-state index is -4.13. The van der Waals surface area contributed by atoms with Crippen molar-refractivity contribution in [2.75, 3.05) is 23.7 Å². The van der Waals surface area contributed by atoms with Crippen molar-refractivity contribution in [1.29, 1.82) is 0 Å². The minimum Gasteiger partial charge on any atom is -0.748 e. The number of para-hydroxylation sites is 1. The van der Waals surface area contributed by atoms with E-state index in [9.17, 15) is 13.0 Å². The standard InChI is InChI=1S/C10H15NO3S/c1-2-11(8-9-15(12,13)14)10-6-4-3-5-7-10/h3-7H,2,8-9H2,1H3,(H,12,13,14)/p-1. The predicted molar refractivity (Wildman–Crippen MR) is 58.9 cm³/mol. The van der Waals surface area contributed by atoms with Crippen LogP contribution in [0.25, 0.3) is 0 Å². The molecule has 0 saturated carbocycles. The molecule has 0 aliphatic heterocycles. The van der Waals surface area contributed by atoms with Gasteiger partial charge in [-0.1, -0.05) is 18.2 Å². The van der Waals surface area contributed by atoms with Crippen molar-refractivity contribution in [3.05, 3.63) is 30.3 Å². The zero-order valence-electron chi connectivity index (χ0n) is 8.59. The van der Waals surface area contributed by atoms with E-state index >= 15 is 0 Å². The molecule has 1 aromatic rings. The Kier molecular flexibility index (Phi) is 4.11. The molecule has 0 amide bonds. The molecule has 0 spiro atoms. The van der Waals surface area contributed by atoms with Crippen molar-refractivity contribution >= 4 is 15.8 Å². The Morgan fingerprint density at radius 3 is 2.33 bits per heavy atom. The van der Waals surface area contributed by atoms with Gasteiger partial charge in [-0.05, 0) is 19.1 Å². The third-order valence-electron chi connectivity index (χ3n) is 2.11. The molecule has 0 bridgehead atoms. The van der Waals surface area contributed by atoms with Crippen LogP contribution < -0.4 is 4.90 Å². The summed E-state index contributed by atoms with van der Waals surface area (Å²) in [4.78, 5) is 1.86. The Morgan fingerprint density at radius 2 is 1.87 bits per heavy atom. The van der Waals surface area contributed by atoms with Crippen LogP contribution >= 0.6 is 0 Å². The zero-order chi connectivity index (χ0) is 11.3. The molecule has 0 aromatic heterocycles. The number of hydrogen-bond acceptors (Lipinski definition) is 4. The summed E-state index contributed by atoms with van der Waals surface area (Å²) in [6, 6.07) is 9.43. The summed E-state index contributed by atoms with van der Waals surface area (Å²) >= 11 is 0. The third kappa shape index (κ3) is 4.31. The lowest BCUT2D eigenvalue weighted by atomic mass is 10.3. The average molecular weight is 228 g/mol. The first-order valence-corrected chi connectivity index (χ1v) is 6.34. The van der Waals surface area contributed by atoms with E-state index in [-0.39, 0.29) is 12.3 Å². The summed E-state index contributed by atoms with van der Waals surface area (Å²) in [5, 5.41) is 0. The summed E-state index contributed by atoms with van der Waals surface area (Å²) in [6.45, 7) is 2.84. The van der Waals surface area contributed by atoms with E-state index in [0.717, 1.165) is 5.69 Å². The molecule has 84 valence electrons. The van der Waals surface area contributed by atoms with Crippen LogP contribution in [0.15, 0.2) is 30.3 Å². The second kappa shape index (κ2) is 5.14. The van der Waals surface area contributed by atoms with Crippen molar-refractivity contribution in [3.63, 3.8) is 0 Å². The highest BCUT2D eigenvalue weighted by atomic mass is 32.2. The van der Waals surface area contributed by atoms with Gasteiger partial charge in [-0.15, -0.1) is 0 Å². The fraction of sp³-hybridized carbons (Fsp3) is 0.400. The third-order valence-corrected chi connectivity index (χ3v) is 2.80. The number of nitrogens with zero attached hydrogens (tertiary/aromatic N) is 1. The normalized spacial score (nSPS) is 11.3. The lowest BCUT2D eigenvalue weighted by molar-refractivity contribution is 0.462. The zero-order valence-corrected chi connectivity index (χ0v) is 9.40. The van der Waals surface area contributed by atoms with E-state index in [2.05, 4.69) is 0 Å². The molecule has 4 nitrogen and oxygen atoms in total. The van der Waals surface area contributed by atoms with Gasteiger partial charge in [0.2, 0.25) is 0 Å². The molecule has 0 aliphatic carbocycles. The first kappa shape index (κ1) is 12.0. The molecule has 0 saturated heterocycles. The Hall–Kier alpha value is -1.07. The van der Waals surface area contributed by atoms with E-state index in [1.54, 1.807) is 0 Å². The highest BCUT2D eigenvalue weighted by Crippen LogP contribution is 2.12. The van der Waals surface area contributed by atoms with Crippen molar-refractivity contribution in [2.24, 2.45) is 0 Å². The molecule has 0 unspecified atom stereocenters. The van der Waals surface area contributed by atoms with Gasteiger partial charge >= 0.3 is 0 Å². The first-order chi connectivity index (χ1) is 7.03. The van der Waals surface area contributed by atoms with Crippen LogP contribution in [0.4, 0.5) is 5.69 Å². The van der Waals surface area contributed by atoms with Gasteiger partial charge in [0.05, 0.1) is 15.9 Å². The van der Waals surface area contributed by atoms with Crippen LogP contribution in [0.2, 0.25) is 0 Å². The van der Waals surface area contributed by atoms with Crippen LogP contribution in [0.3, 0.4) is 0 Å². The lowest BCUT2D eigenvalue weighted by Crippen LogP contribution is -2.28. The van der Waals surface area contributed by atoms with Gasteiger partial charge < -0.3 is 9.45 Å². The minimum absolute atomic E-state index is 0.242. The van der Waals surface area contributed by atoms with Crippen molar-refractivity contribution in [3.8, 4) is 0 Å². The summed E-state index contributed by atoms with van der Waals surface area (Å²) in [5.74, 6) is -0.351. The van der Waals surface area contributed by atoms with E-state index < -0.39 is 10.1 Å². The molecule has 5 heteroatoms. The molecule has 0 N–H and O–H groups in total. The van der Waals surface area contributed by atoms with Crippen molar-refractivity contribution < 1.29 is 13.0 Å². The van der Waals surface area contributed by atoms with Crippen LogP contribution in [0.1, 0.15) is 6.92 Å². The Bertz CT molecular complexity index is 388. The quantitative estimate of drug-likeness (QED) is 0.707. The number of hydrogen-bond donors (Lipinski definition) is 0. The monoisotopic (exact) mass is 228 g/mol. The van der Waals surface area contributed by atoms with Gasteiger partial charge in [-0.3, -0.25) is 0 Å².